The van der Waals surface area contributed by atoms with Crippen molar-refractivity contribution in [3.63, 3.8) is 0 Å². The number of anilines is 1. The lowest BCUT2D eigenvalue weighted by Crippen LogP contribution is -2.45. The van der Waals surface area contributed by atoms with Crippen LogP contribution in [0.1, 0.15) is 43.8 Å². The van der Waals surface area contributed by atoms with E-state index in [0.717, 1.165) is 23.0 Å². The molecule has 1 fully saturated rings. The van der Waals surface area contributed by atoms with Crippen LogP contribution >= 0.6 is 0 Å². The molecule has 3 aromatic heterocycles. The number of benzene rings is 1. The maximum absolute atomic E-state index is 14.1. The van der Waals surface area contributed by atoms with Gasteiger partial charge in [0.2, 0.25) is 0 Å². The van der Waals surface area contributed by atoms with Crippen molar-refractivity contribution in [2.75, 3.05) is 18.0 Å². The zero-order valence-corrected chi connectivity index (χ0v) is 22.6. The summed E-state index contributed by atoms with van der Waals surface area (Å²) in [6.07, 6.45) is 3.71. The van der Waals surface area contributed by atoms with Crippen LogP contribution in [0.2, 0.25) is 0 Å². The molecule has 0 aliphatic carbocycles. The highest BCUT2D eigenvalue weighted by atomic mass is 16.5. The van der Waals surface area contributed by atoms with Gasteiger partial charge in [0, 0.05) is 32.7 Å². The molecular formula is C28H32N8O3. The highest BCUT2D eigenvalue weighted by Crippen LogP contribution is 2.32. The molecule has 2 N–H and O–H groups in total. The molecule has 0 radical (unpaired) electrons. The molecule has 5 rings (SSSR count). The van der Waals surface area contributed by atoms with E-state index in [0.29, 0.717) is 46.8 Å². The van der Waals surface area contributed by atoms with Gasteiger partial charge in [0.25, 0.3) is 5.56 Å². The number of rotatable bonds is 5. The fourth-order valence-corrected chi connectivity index (χ4v) is 5.46. The van der Waals surface area contributed by atoms with Crippen LogP contribution in [0.15, 0.2) is 45.5 Å². The normalized spacial score (nSPS) is 15.6. The van der Waals surface area contributed by atoms with Crippen molar-refractivity contribution in [3.05, 3.63) is 79.0 Å². The second kappa shape index (κ2) is 10.0. The van der Waals surface area contributed by atoms with Gasteiger partial charge in [-0.1, -0.05) is 23.8 Å². The monoisotopic (exact) mass is 528 g/mol. The Hall–Kier alpha value is -4.43. The number of hydrogen-bond acceptors (Lipinski definition) is 7. The van der Waals surface area contributed by atoms with Crippen molar-refractivity contribution in [2.24, 2.45) is 12.8 Å². The number of fused-ring (bicyclic) bond motifs is 2. The fourth-order valence-electron chi connectivity index (χ4n) is 5.46. The van der Waals surface area contributed by atoms with Crippen LogP contribution in [0, 0.1) is 23.5 Å². The lowest BCUT2D eigenvalue weighted by molar-refractivity contribution is -0.623. The first-order chi connectivity index (χ1) is 18.6. The average molecular weight is 529 g/mol. The molecule has 0 saturated carbocycles. The number of hydrogen-bond donors (Lipinski definition) is 1. The van der Waals surface area contributed by atoms with E-state index in [1.807, 2.05) is 41.5 Å². The number of aromatic nitrogens is 5. The molecule has 0 spiro atoms. The maximum atomic E-state index is 14.1. The third-order valence-corrected chi connectivity index (χ3v) is 7.44. The first-order valence-corrected chi connectivity index (χ1v) is 13.0. The molecule has 4 aromatic rings. The highest BCUT2D eigenvalue weighted by Gasteiger charge is 2.30. The number of allylic oxidation sites excluding steroid dienone is 2. The quantitative estimate of drug-likeness (QED) is 0.236. The van der Waals surface area contributed by atoms with Crippen LogP contribution in [0.25, 0.3) is 21.9 Å². The van der Waals surface area contributed by atoms with Gasteiger partial charge in [-0.05, 0) is 50.7 Å². The van der Waals surface area contributed by atoms with Gasteiger partial charge in [-0.25, -0.2) is 14.1 Å². The van der Waals surface area contributed by atoms with Gasteiger partial charge in [0.1, 0.15) is 35.2 Å². The van der Waals surface area contributed by atoms with E-state index in [-0.39, 0.29) is 35.0 Å². The van der Waals surface area contributed by atoms with Gasteiger partial charge in [0.15, 0.2) is 5.52 Å². The summed E-state index contributed by atoms with van der Waals surface area (Å²) in [5.74, 6) is 0.624. The van der Waals surface area contributed by atoms with Gasteiger partial charge < -0.3 is 20.4 Å². The van der Waals surface area contributed by atoms with Gasteiger partial charge in [-0.15, -0.1) is 0 Å². The lowest BCUT2D eigenvalue weighted by atomic mass is 10.1. The average Bonchev–Trinajstić information content (AvgIpc) is 3.25. The van der Waals surface area contributed by atoms with Crippen molar-refractivity contribution in [1.82, 2.24) is 18.7 Å². The first kappa shape index (κ1) is 26.2. The number of para-hydroxylation sites is 1. The predicted molar refractivity (Wildman–Crippen MR) is 150 cm³/mol. The molecular weight excluding hydrogens is 496 g/mol. The molecule has 4 heterocycles. The molecule has 11 nitrogen and oxygen atoms in total. The summed E-state index contributed by atoms with van der Waals surface area (Å²) < 4.78 is 4.83. The molecule has 1 saturated heterocycles. The summed E-state index contributed by atoms with van der Waals surface area (Å²) in [6, 6.07) is 9.44. The van der Waals surface area contributed by atoms with Gasteiger partial charge in [0.05, 0.1) is 10.9 Å². The second-order valence-corrected chi connectivity index (χ2v) is 10.4. The molecule has 39 heavy (non-hydrogen) atoms. The number of nitrogens with zero attached hydrogens (tertiary/aromatic N) is 7. The molecule has 1 aliphatic rings. The Labute approximate surface area is 225 Å². The van der Waals surface area contributed by atoms with Gasteiger partial charge in [-0.3, -0.25) is 9.36 Å². The summed E-state index contributed by atoms with van der Waals surface area (Å²) in [4.78, 5) is 34.2. The zero-order valence-electron chi connectivity index (χ0n) is 22.6. The first-order valence-electron chi connectivity index (χ1n) is 13.0. The predicted octanol–water partition coefficient (Wildman–Crippen LogP) is 1.81. The van der Waals surface area contributed by atoms with Crippen molar-refractivity contribution in [3.8, 4) is 6.07 Å². The Balaban J connectivity index is 1.79. The smallest absolute Gasteiger partial charge is 0.331 e. The molecule has 1 atom stereocenters. The maximum Gasteiger partial charge on any atom is 0.331 e. The highest BCUT2D eigenvalue weighted by molar-refractivity contribution is 5.90. The van der Waals surface area contributed by atoms with Crippen molar-refractivity contribution in [1.29, 1.82) is 5.26 Å². The standard InChI is InChI=1S/C28H32N8O3/c1-17(2)11-13-34-25-24(21(14-29)26(34)33-12-7-8-19(30)15-33)32(4)28(38)35(27(25)37)16-23-31-22-10-6-5-9-20(22)18(3)36(23)39/h5-6,9-11,19H,7-8,12-13,15-16,30H2,1-4H3/t19-/m0/s1. The van der Waals surface area contributed by atoms with Crippen LogP contribution in [-0.4, -0.2) is 37.8 Å². The van der Waals surface area contributed by atoms with E-state index in [1.165, 1.54) is 4.57 Å². The Kier molecular flexibility index (Phi) is 6.74. The van der Waals surface area contributed by atoms with Gasteiger partial charge >= 0.3 is 11.5 Å². The number of piperidine rings is 1. The SMILES string of the molecule is CC(C)=CCn1c(N2CCC[C@H](N)C2)c(C#N)c2c1c(=O)n(Cc1nc3ccccc3c(C)[n+]1[O-])c(=O)n2C. The number of nitrogens with two attached hydrogens (primary N) is 1. The van der Waals surface area contributed by atoms with Crippen molar-refractivity contribution < 1.29 is 4.73 Å². The van der Waals surface area contributed by atoms with Gasteiger partial charge in [-0.2, -0.15) is 5.26 Å². The summed E-state index contributed by atoms with van der Waals surface area (Å²) in [5.41, 5.74) is 7.93. The Bertz CT molecular complexity index is 1800. The van der Waals surface area contributed by atoms with Crippen molar-refractivity contribution in [2.45, 2.75) is 52.7 Å². The summed E-state index contributed by atoms with van der Waals surface area (Å²) in [5, 5.41) is 24.1. The minimum Gasteiger partial charge on any atom is -0.710 e. The zero-order chi connectivity index (χ0) is 28.0. The summed E-state index contributed by atoms with van der Waals surface area (Å²) in [7, 11) is 1.54. The topological polar surface area (TPSA) is 142 Å². The summed E-state index contributed by atoms with van der Waals surface area (Å²) in [6.45, 7) is 6.86. The van der Waals surface area contributed by atoms with Crippen LogP contribution in [-0.2, 0) is 20.1 Å². The van der Waals surface area contributed by atoms with E-state index in [4.69, 9.17) is 5.73 Å². The third-order valence-electron chi connectivity index (χ3n) is 7.44. The Morgan fingerprint density at radius 1 is 1.26 bits per heavy atom. The van der Waals surface area contributed by atoms with E-state index in [2.05, 4.69) is 11.1 Å². The molecule has 1 aliphatic heterocycles. The van der Waals surface area contributed by atoms with Crippen LogP contribution in [0.4, 0.5) is 5.82 Å². The fraction of sp³-hybridized carbons (Fsp3) is 0.393. The van der Waals surface area contributed by atoms with E-state index in [1.54, 1.807) is 26.1 Å². The Morgan fingerprint density at radius 2 is 2.00 bits per heavy atom. The number of aryl methyl sites for hydroxylation is 2. The van der Waals surface area contributed by atoms with Crippen molar-refractivity contribution >= 4 is 27.8 Å². The van der Waals surface area contributed by atoms with Crippen LogP contribution in [0.5, 0.6) is 0 Å². The lowest BCUT2D eigenvalue weighted by Gasteiger charge is -2.33. The molecule has 11 heteroatoms. The van der Waals surface area contributed by atoms with Crippen LogP contribution in [0.3, 0.4) is 0 Å². The summed E-state index contributed by atoms with van der Waals surface area (Å²) >= 11 is 0. The number of nitriles is 1. The third kappa shape index (κ3) is 4.36. The molecule has 0 unspecified atom stereocenters. The minimum atomic E-state index is -0.627. The molecule has 0 bridgehead atoms. The second-order valence-electron chi connectivity index (χ2n) is 10.4. The van der Waals surface area contributed by atoms with E-state index < -0.39 is 11.2 Å². The largest absolute Gasteiger partial charge is 0.710 e. The van der Waals surface area contributed by atoms with E-state index >= 15 is 0 Å². The minimum absolute atomic E-state index is 0.0369. The van der Waals surface area contributed by atoms with E-state index in [9.17, 15) is 20.1 Å². The Morgan fingerprint density at radius 3 is 2.69 bits per heavy atom. The molecule has 1 aromatic carbocycles. The molecule has 202 valence electrons. The van der Waals surface area contributed by atoms with Crippen LogP contribution < -0.4 is 26.6 Å². The molecule has 0 amide bonds.